The third-order valence-corrected chi connectivity index (χ3v) is 3.98. The van der Waals surface area contributed by atoms with E-state index in [2.05, 4.69) is 20.2 Å². The van der Waals surface area contributed by atoms with Crippen molar-refractivity contribution in [2.75, 3.05) is 18.0 Å². The molecule has 3 heterocycles. The molecule has 1 fully saturated rings. The molecule has 3 rings (SSSR count). The molecule has 0 saturated carbocycles. The van der Waals surface area contributed by atoms with Crippen molar-refractivity contribution in [1.82, 2.24) is 15.3 Å². The lowest BCUT2D eigenvalue weighted by molar-refractivity contribution is 0.0930. The Labute approximate surface area is 134 Å². The van der Waals surface area contributed by atoms with Crippen LogP contribution in [0.3, 0.4) is 0 Å². The van der Waals surface area contributed by atoms with Gasteiger partial charge in [-0.25, -0.2) is 4.98 Å². The molecule has 0 spiro atoms. The number of rotatable bonds is 3. The summed E-state index contributed by atoms with van der Waals surface area (Å²) in [6.07, 6.45) is 6.72. The standard InChI is InChI=1S/C17H17N5O/c18-10-15-3-4-16(12-20-15)22-8-5-14(6-9-22)21-17(23)13-2-1-7-19-11-13/h1-4,7,11-12,14H,5-6,8-9H2,(H,21,23). The van der Waals surface area contributed by atoms with Crippen LogP contribution in [-0.4, -0.2) is 35.0 Å². The fraction of sp³-hybridized carbons (Fsp3) is 0.294. The zero-order valence-corrected chi connectivity index (χ0v) is 12.6. The number of hydrogen-bond acceptors (Lipinski definition) is 5. The third-order valence-electron chi connectivity index (χ3n) is 3.98. The van der Waals surface area contributed by atoms with Crippen molar-refractivity contribution >= 4 is 11.6 Å². The first-order valence-electron chi connectivity index (χ1n) is 7.58. The van der Waals surface area contributed by atoms with E-state index >= 15 is 0 Å². The van der Waals surface area contributed by atoms with E-state index in [0.29, 0.717) is 11.3 Å². The van der Waals surface area contributed by atoms with E-state index in [4.69, 9.17) is 5.26 Å². The van der Waals surface area contributed by atoms with E-state index in [1.54, 1.807) is 36.8 Å². The third kappa shape index (κ3) is 3.64. The Morgan fingerprint density at radius 1 is 1.26 bits per heavy atom. The minimum Gasteiger partial charge on any atom is -0.370 e. The van der Waals surface area contributed by atoms with Crippen LogP contribution in [0.1, 0.15) is 28.9 Å². The summed E-state index contributed by atoms with van der Waals surface area (Å²) in [7, 11) is 0. The first kappa shape index (κ1) is 15.0. The Balaban J connectivity index is 1.54. The molecule has 0 radical (unpaired) electrons. The van der Waals surface area contributed by atoms with Crippen molar-refractivity contribution < 1.29 is 4.79 Å². The summed E-state index contributed by atoms with van der Waals surface area (Å²) >= 11 is 0. The maximum absolute atomic E-state index is 12.1. The van der Waals surface area contributed by atoms with E-state index < -0.39 is 0 Å². The quantitative estimate of drug-likeness (QED) is 0.934. The van der Waals surface area contributed by atoms with Gasteiger partial charge in [0.15, 0.2) is 0 Å². The number of pyridine rings is 2. The van der Waals surface area contributed by atoms with E-state index in [1.165, 1.54) is 0 Å². The second kappa shape index (κ2) is 6.88. The predicted molar refractivity (Wildman–Crippen MR) is 85.9 cm³/mol. The van der Waals surface area contributed by atoms with E-state index in [1.807, 2.05) is 12.1 Å². The predicted octanol–water partition coefficient (Wildman–Crippen LogP) is 1.75. The Morgan fingerprint density at radius 3 is 2.70 bits per heavy atom. The number of nitrogens with one attached hydrogen (secondary N) is 1. The number of aromatic nitrogens is 2. The lowest BCUT2D eigenvalue weighted by Crippen LogP contribution is -2.44. The minimum absolute atomic E-state index is 0.0726. The molecule has 0 aromatic carbocycles. The molecule has 0 atom stereocenters. The van der Waals surface area contributed by atoms with Crippen LogP contribution in [0.5, 0.6) is 0 Å². The molecule has 0 aliphatic carbocycles. The molecule has 1 aliphatic rings. The van der Waals surface area contributed by atoms with E-state index in [-0.39, 0.29) is 11.9 Å². The number of carbonyl (C=O) groups excluding carboxylic acids is 1. The Morgan fingerprint density at radius 2 is 2.09 bits per heavy atom. The van der Waals surface area contributed by atoms with E-state index in [9.17, 15) is 4.79 Å². The minimum atomic E-state index is -0.0726. The number of nitriles is 1. The molecule has 1 saturated heterocycles. The maximum atomic E-state index is 12.1. The van der Waals surface area contributed by atoms with Gasteiger partial charge in [0, 0.05) is 31.5 Å². The van der Waals surface area contributed by atoms with Crippen molar-refractivity contribution in [1.29, 1.82) is 5.26 Å². The second-order valence-corrected chi connectivity index (χ2v) is 5.49. The van der Waals surface area contributed by atoms with Gasteiger partial charge in [0.1, 0.15) is 11.8 Å². The average Bonchev–Trinajstić information content (AvgIpc) is 2.63. The van der Waals surface area contributed by atoms with Gasteiger partial charge in [0.2, 0.25) is 0 Å². The summed E-state index contributed by atoms with van der Waals surface area (Å²) in [5.41, 5.74) is 2.03. The topological polar surface area (TPSA) is 81.9 Å². The molecular formula is C17H17N5O. The van der Waals surface area contributed by atoms with Crippen LogP contribution in [0.25, 0.3) is 0 Å². The van der Waals surface area contributed by atoms with Gasteiger partial charge in [-0.05, 0) is 37.1 Å². The van der Waals surface area contributed by atoms with Gasteiger partial charge in [-0.3, -0.25) is 9.78 Å². The Bertz CT molecular complexity index is 700. The van der Waals surface area contributed by atoms with Gasteiger partial charge in [-0.2, -0.15) is 5.26 Å². The van der Waals surface area contributed by atoms with Crippen molar-refractivity contribution in [2.45, 2.75) is 18.9 Å². The summed E-state index contributed by atoms with van der Waals surface area (Å²) in [5, 5.41) is 11.8. The zero-order valence-electron chi connectivity index (χ0n) is 12.6. The van der Waals surface area contributed by atoms with Crippen LogP contribution in [-0.2, 0) is 0 Å². The maximum Gasteiger partial charge on any atom is 0.253 e. The first-order chi connectivity index (χ1) is 11.3. The molecular weight excluding hydrogens is 290 g/mol. The molecule has 6 heteroatoms. The number of hydrogen-bond donors (Lipinski definition) is 1. The molecule has 2 aromatic rings. The average molecular weight is 307 g/mol. The van der Waals surface area contributed by atoms with Crippen LogP contribution in [0.15, 0.2) is 42.9 Å². The molecule has 1 amide bonds. The number of anilines is 1. The molecule has 6 nitrogen and oxygen atoms in total. The molecule has 0 bridgehead atoms. The monoisotopic (exact) mass is 307 g/mol. The first-order valence-corrected chi connectivity index (χ1v) is 7.58. The summed E-state index contributed by atoms with van der Waals surface area (Å²) in [6.45, 7) is 1.71. The number of nitrogens with zero attached hydrogens (tertiary/aromatic N) is 4. The lowest BCUT2D eigenvalue weighted by atomic mass is 10.0. The molecule has 23 heavy (non-hydrogen) atoms. The molecule has 1 aliphatic heterocycles. The van der Waals surface area contributed by atoms with Gasteiger partial charge >= 0.3 is 0 Å². The summed E-state index contributed by atoms with van der Waals surface area (Å²) < 4.78 is 0. The normalized spacial score (nSPS) is 15.0. The Hall–Kier alpha value is -2.94. The van der Waals surface area contributed by atoms with Gasteiger partial charge < -0.3 is 10.2 Å². The highest BCUT2D eigenvalue weighted by molar-refractivity contribution is 5.94. The number of amides is 1. The molecule has 2 aromatic heterocycles. The lowest BCUT2D eigenvalue weighted by Gasteiger charge is -2.33. The van der Waals surface area contributed by atoms with Crippen molar-refractivity contribution in [3.8, 4) is 6.07 Å². The second-order valence-electron chi connectivity index (χ2n) is 5.49. The van der Waals surface area contributed by atoms with Crippen LogP contribution >= 0.6 is 0 Å². The van der Waals surface area contributed by atoms with Gasteiger partial charge in [-0.1, -0.05) is 0 Å². The highest BCUT2D eigenvalue weighted by atomic mass is 16.1. The van der Waals surface area contributed by atoms with Crippen molar-refractivity contribution in [3.05, 3.63) is 54.1 Å². The molecule has 1 N–H and O–H groups in total. The zero-order chi connectivity index (χ0) is 16.1. The van der Waals surface area contributed by atoms with Crippen molar-refractivity contribution in [2.24, 2.45) is 0 Å². The van der Waals surface area contributed by atoms with Crippen molar-refractivity contribution in [3.63, 3.8) is 0 Å². The van der Waals surface area contributed by atoms with Crippen LogP contribution in [0.4, 0.5) is 5.69 Å². The summed E-state index contributed by atoms with van der Waals surface area (Å²) in [6, 6.07) is 9.36. The van der Waals surface area contributed by atoms with Crippen LogP contribution in [0, 0.1) is 11.3 Å². The Kier molecular flexibility index (Phi) is 4.48. The summed E-state index contributed by atoms with van der Waals surface area (Å²) in [5.74, 6) is -0.0726. The van der Waals surface area contributed by atoms with Gasteiger partial charge in [-0.15, -0.1) is 0 Å². The highest BCUT2D eigenvalue weighted by Gasteiger charge is 2.21. The largest absolute Gasteiger partial charge is 0.370 e. The van der Waals surface area contributed by atoms with Crippen LogP contribution < -0.4 is 10.2 Å². The highest BCUT2D eigenvalue weighted by Crippen LogP contribution is 2.19. The van der Waals surface area contributed by atoms with Gasteiger partial charge in [0.05, 0.1) is 17.4 Å². The van der Waals surface area contributed by atoms with Crippen LogP contribution in [0.2, 0.25) is 0 Å². The smallest absolute Gasteiger partial charge is 0.253 e. The fourth-order valence-corrected chi connectivity index (χ4v) is 2.69. The number of piperidine rings is 1. The van der Waals surface area contributed by atoms with E-state index in [0.717, 1.165) is 31.6 Å². The summed E-state index contributed by atoms with van der Waals surface area (Å²) in [4.78, 5) is 22.4. The SMILES string of the molecule is N#Cc1ccc(N2CCC(NC(=O)c3cccnc3)CC2)cn1. The molecule has 116 valence electrons. The molecule has 0 unspecified atom stereocenters. The fourth-order valence-electron chi connectivity index (χ4n) is 2.69. The number of carbonyl (C=O) groups is 1. The van der Waals surface area contributed by atoms with Gasteiger partial charge in [0.25, 0.3) is 5.91 Å².